The third-order valence-corrected chi connectivity index (χ3v) is 5.11. The Morgan fingerprint density at radius 1 is 1.28 bits per heavy atom. The summed E-state index contributed by atoms with van der Waals surface area (Å²) in [5.41, 5.74) is 2.19. The number of hydrogen-bond acceptors (Lipinski definition) is 2. The van der Waals surface area contributed by atoms with E-state index < -0.39 is 0 Å². The molecule has 0 unspecified atom stereocenters. The first-order valence-electron chi connectivity index (χ1n) is 6.19. The monoisotopic (exact) mass is 323 g/mol. The van der Waals surface area contributed by atoms with E-state index in [-0.39, 0.29) is 0 Å². The first-order valence-corrected chi connectivity index (χ1v) is 7.80. The predicted molar refractivity (Wildman–Crippen MR) is 77.4 cm³/mol. The molecule has 2 nitrogen and oxygen atoms in total. The summed E-state index contributed by atoms with van der Waals surface area (Å²) >= 11 is 5.27. The molecule has 94 valence electrons. The highest BCUT2D eigenvalue weighted by Crippen LogP contribution is 2.25. The van der Waals surface area contributed by atoms with E-state index in [0.29, 0.717) is 5.78 Å². The van der Waals surface area contributed by atoms with E-state index in [4.69, 9.17) is 0 Å². The predicted octanol–water partition coefficient (Wildman–Crippen LogP) is 4.07. The molecule has 3 rings (SSSR count). The van der Waals surface area contributed by atoms with E-state index >= 15 is 0 Å². The highest BCUT2D eigenvalue weighted by molar-refractivity contribution is 9.11. The molecule has 2 heterocycles. The van der Waals surface area contributed by atoms with Crippen molar-refractivity contribution in [2.45, 2.75) is 32.2 Å². The van der Waals surface area contributed by atoms with Crippen molar-refractivity contribution in [3.8, 4) is 0 Å². The van der Waals surface area contributed by atoms with Crippen molar-refractivity contribution in [2.24, 2.45) is 0 Å². The van der Waals surface area contributed by atoms with E-state index in [9.17, 15) is 4.79 Å². The summed E-state index contributed by atoms with van der Waals surface area (Å²) in [7, 11) is 0. The molecule has 1 aliphatic carbocycles. The molecule has 0 bridgehead atoms. The molecule has 0 saturated carbocycles. The number of fused-ring (bicyclic) bond motifs is 1. The first kappa shape index (κ1) is 12.2. The van der Waals surface area contributed by atoms with Crippen molar-refractivity contribution in [3.05, 3.63) is 44.3 Å². The largest absolute Gasteiger partial charge is 0.350 e. The number of thiophene rings is 1. The fourth-order valence-corrected chi connectivity index (χ4v) is 3.99. The van der Waals surface area contributed by atoms with Crippen molar-refractivity contribution in [3.63, 3.8) is 0 Å². The number of carbonyl (C=O) groups is 1. The van der Waals surface area contributed by atoms with Gasteiger partial charge in [-0.15, -0.1) is 11.3 Å². The second-order valence-corrected chi connectivity index (χ2v) is 7.15. The molecule has 0 N–H and O–H groups in total. The summed E-state index contributed by atoms with van der Waals surface area (Å²) in [6.07, 6.45) is 5.86. The minimum Gasteiger partial charge on any atom is -0.350 e. The van der Waals surface area contributed by atoms with Gasteiger partial charge in [0.2, 0.25) is 0 Å². The van der Waals surface area contributed by atoms with Gasteiger partial charge in [0, 0.05) is 35.3 Å². The normalized spacial score (nSPS) is 14.8. The Morgan fingerprint density at radius 3 is 2.94 bits per heavy atom. The molecule has 4 heteroatoms. The fourth-order valence-electron chi connectivity index (χ4n) is 2.51. The third-order valence-electron chi connectivity index (χ3n) is 3.42. The number of rotatable bonds is 3. The van der Waals surface area contributed by atoms with Crippen LogP contribution in [0.25, 0.3) is 0 Å². The van der Waals surface area contributed by atoms with Crippen LogP contribution in [0.15, 0.2) is 28.2 Å². The molecule has 0 spiro atoms. The molecule has 0 saturated heterocycles. The smallest absolute Gasteiger partial charge is 0.164 e. The molecule has 0 fully saturated rings. The molecule has 0 aromatic carbocycles. The van der Waals surface area contributed by atoms with Gasteiger partial charge in [-0.05, 0) is 53.4 Å². The summed E-state index contributed by atoms with van der Waals surface area (Å²) < 4.78 is 3.43. The van der Waals surface area contributed by atoms with Crippen molar-refractivity contribution in [2.75, 3.05) is 0 Å². The average Bonchev–Trinajstić information content (AvgIpc) is 2.94. The molecular weight excluding hydrogens is 310 g/mol. The van der Waals surface area contributed by atoms with Gasteiger partial charge in [-0.2, -0.15) is 0 Å². The van der Waals surface area contributed by atoms with E-state index in [1.165, 1.54) is 14.4 Å². The Morgan fingerprint density at radius 2 is 2.17 bits per heavy atom. The summed E-state index contributed by atoms with van der Waals surface area (Å²) in [5.74, 6) is 0.314. The van der Waals surface area contributed by atoms with E-state index in [0.717, 1.165) is 37.8 Å². The first-order chi connectivity index (χ1) is 8.74. The minimum atomic E-state index is 0.314. The Hall–Kier alpha value is -0.870. The Bertz CT molecular complexity index is 584. The van der Waals surface area contributed by atoms with Crippen molar-refractivity contribution in [1.29, 1.82) is 0 Å². The standard InChI is InChI=1S/C14H14BrNOS/c15-14-5-4-10(18-14)6-8-16-9-7-11-12(16)2-1-3-13(11)17/h4-5,7,9H,1-3,6,8H2. The van der Waals surface area contributed by atoms with Gasteiger partial charge in [0.05, 0.1) is 3.79 Å². The maximum atomic E-state index is 11.8. The Kier molecular flexibility index (Phi) is 3.39. The molecule has 0 aliphatic heterocycles. The lowest BCUT2D eigenvalue weighted by molar-refractivity contribution is 0.0972. The third kappa shape index (κ3) is 2.31. The molecule has 2 aromatic rings. The zero-order chi connectivity index (χ0) is 12.5. The van der Waals surface area contributed by atoms with Crippen LogP contribution < -0.4 is 0 Å². The van der Waals surface area contributed by atoms with E-state index in [2.05, 4.69) is 38.8 Å². The van der Waals surface area contributed by atoms with Crippen LogP contribution in [0.2, 0.25) is 0 Å². The number of halogens is 1. The highest BCUT2D eigenvalue weighted by atomic mass is 79.9. The van der Waals surface area contributed by atoms with Crippen LogP contribution in [-0.2, 0) is 19.4 Å². The quantitative estimate of drug-likeness (QED) is 0.834. The summed E-state index contributed by atoms with van der Waals surface area (Å²) in [6.45, 7) is 0.968. The van der Waals surface area contributed by atoms with Crippen LogP contribution in [0, 0.1) is 0 Å². The van der Waals surface area contributed by atoms with Gasteiger partial charge in [-0.25, -0.2) is 0 Å². The molecule has 1 aliphatic rings. The van der Waals surface area contributed by atoms with Gasteiger partial charge in [0.15, 0.2) is 5.78 Å². The van der Waals surface area contributed by atoms with Crippen LogP contribution >= 0.6 is 27.3 Å². The van der Waals surface area contributed by atoms with Crippen LogP contribution in [0.4, 0.5) is 0 Å². The number of carbonyl (C=O) groups excluding carboxylic acids is 1. The number of hydrogen-bond donors (Lipinski definition) is 0. The van der Waals surface area contributed by atoms with Crippen molar-refractivity contribution < 1.29 is 4.79 Å². The molecule has 0 atom stereocenters. The van der Waals surface area contributed by atoms with Crippen LogP contribution in [0.3, 0.4) is 0 Å². The molecular formula is C14H14BrNOS. The molecule has 2 aromatic heterocycles. The summed E-state index contributed by atoms with van der Waals surface area (Å²) in [5, 5.41) is 0. The van der Waals surface area contributed by atoms with Gasteiger partial charge >= 0.3 is 0 Å². The molecule has 0 radical (unpaired) electrons. The van der Waals surface area contributed by atoms with Crippen molar-refractivity contribution in [1.82, 2.24) is 4.57 Å². The van der Waals surface area contributed by atoms with Crippen LogP contribution in [0.5, 0.6) is 0 Å². The van der Waals surface area contributed by atoms with Crippen molar-refractivity contribution >= 4 is 33.0 Å². The van der Waals surface area contributed by atoms with E-state index in [1.54, 1.807) is 11.3 Å². The second-order valence-electron chi connectivity index (χ2n) is 4.60. The summed E-state index contributed by atoms with van der Waals surface area (Å²) in [6, 6.07) is 6.24. The number of Topliss-reactive ketones (excluding diaryl/α,β-unsaturated/α-hetero) is 1. The maximum Gasteiger partial charge on any atom is 0.164 e. The maximum absolute atomic E-state index is 11.8. The summed E-state index contributed by atoms with van der Waals surface area (Å²) in [4.78, 5) is 13.1. The van der Waals surface area contributed by atoms with Crippen LogP contribution in [-0.4, -0.2) is 10.4 Å². The number of nitrogens with zero attached hydrogens (tertiary/aromatic N) is 1. The topological polar surface area (TPSA) is 22.0 Å². The Balaban J connectivity index is 1.75. The zero-order valence-corrected chi connectivity index (χ0v) is 12.4. The zero-order valence-electron chi connectivity index (χ0n) is 9.99. The van der Waals surface area contributed by atoms with Gasteiger partial charge in [0.1, 0.15) is 0 Å². The lowest BCUT2D eigenvalue weighted by atomic mass is 9.97. The fraction of sp³-hybridized carbons (Fsp3) is 0.357. The second kappa shape index (κ2) is 5.02. The highest BCUT2D eigenvalue weighted by Gasteiger charge is 2.20. The van der Waals surface area contributed by atoms with Crippen LogP contribution in [0.1, 0.15) is 33.8 Å². The number of aryl methyl sites for hydroxylation is 2. The van der Waals surface area contributed by atoms with Gasteiger partial charge in [0.25, 0.3) is 0 Å². The number of ketones is 1. The van der Waals surface area contributed by atoms with Gasteiger partial charge in [-0.1, -0.05) is 0 Å². The lowest BCUT2D eigenvalue weighted by Crippen LogP contribution is -2.13. The molecule has 0 amide bonds. The lowest BCUT2D eigenvalue weighted by Gasteiger charge is -2.14. The number of aromatic nitrogens is 1. The average molecular weight is 324 g/mol. The van der Waals surface area contributed by atoms with Gasteiger partial charge < -0.3 is 4.57 Å². The Labute approximate surface area is 119 Å². The van der Waals surface area contributed by atoms with Gasteiger partial charge in [-0.3, -0.25) is 4.79 Å². The van der Waals surface area contributed by atoms with E-state index in [1.807, 2.05) is 6.07 Å². The minimum absolute atomic E-state index is 0.314. The molecule has 18 heavy (non-hydrogen) atoms. The SMILES string of the molecule is O=C1CCCc2c1ccn2CCc1ccc(Br)s1.